The van der Waals surface area contributed by atoms with Crippen molar-refractivity contribution in [2.45, 2.75) is 18.8 Å². The summed E-state index contributed by atoms with van der Waals surface area (Å²) in [6.45, 7) is 3.06. The molecule has 2 fully saturated rings. The van der Waals surface area contributed by atoms with Crippen molar-refractivity contribution in [3.63, 3.8) is 0 Å². The van der Waals surface area contributed by atoms with Crippen LogP contribution in [-0.2, 0) is 4.74 Å². The van der Waals surface area contributed by atoms with Crippen molar-refractivity contribution in [2.75, 3.05) is 50.1 Å². The van der Waals surface area contributed by atoms with Crippen LogP contribution in [0, 0.1) is 0 Å². The number of H-pyrrole nitrogens is 1. The topological polar surface area (TPSA) is 151 Å². The van der Waals surface area contributed by atoms with Crippen LogP contribution in [0.2, 0.25) is 0 Å². The largest absolute Gasteiger partial charge is 0.399 e. The molecule has 2 saturated heterocycles. The maximum absolute atomic E-state index is 13.9. The number of fused-ring (bicyclic) bond motifs is 3. The Balaban J connectivity index is 1.24. The number of hydrazine groups is 1. The van der Waals surface area contributed by atoms with Crippen LogP contribution in [-0.4, -0.2) is 77.2 Å². The van der Waals surface area contributed by atoms with Gasteiger partial charge < -0.3 is 21.1 Å². The molecule has 196 valence electrons. The molecular formula is C27H29N7O4. The third kappa shape index (κ3) is 4.00. The van der Waals surface area contributed by atoms with E-state index in [4.69, 9.17) is 16.2 Å². The number of nitrogens with one attached hydrogen (secondary N) is 1. The first-order valence-electron chi connectivity index (χ1n) is 12.8. The van der Waals surface area contributed by atoms with E-state index in [1.165, 1.54) is 5.01 Å². The van der Waals surface area contributed by atoms with Crippen molar-refractivity contribution in [1.82, 2.24) is 20.1 Å². The highest BCUT2D eigenvalue weighted by Gasteiger charge is 2.40. The number of piperidine rings is 1. The minimum Gasteiger partial charge on any atom is -0.399 e. The van der Waals surface area contributed by atoms with Crippen LogP contribution in [0.5, 0.6) is 0 Å². The maximum Gasteiger partial charge on any atom is 0.334 e. The lowest BCUT2D eigenvalue weighted by Gasteiger charge is -2.36. The number of carbonyl (C=O) groups excluding carboxylic acids is 3. The predicted molar refractivity (Wildman–Crippen MR) is 141 cm³/mol. The lowest BCUT2D eigenvalue weighted by Crippen LogP contribution is -2.54. The Hall–Kier alpha value is -4.22. The number of urea groups is 1. The number of hydrogen-bond acceptors (Lipinski definition) is 7. The number of carbonyl (C=O) groups is 3. The number of nitrogen functional groups attached to an aromatic ring is 1. The number of hydrogen-bond donors (Lipinski definition) is 3. The number of benzene rings is 2. The molecule has 1 aliphatic carbocycles. The highest BCUT2D eigenvalue weighted by molar-refractivity contribution is 6.25. The zero-order valence-corrected chi connectivity index (χ0v) is 20.9. The molecule has 0 saturated carbocycles. The number of likely N-dealkylation sites (tertiary alicyclic amines) is 1. The number of anilines is 2. The minimum atomic E-state index is -0.655. The van der Waals surface area contributed by atoms with E-state index in [0.717, 1.165) is 5.69 Å². The molecule has 0 unspecified atom stereocenters. The van der Waals surface area contributed by atoms with Gasteiger partial charge in [0.15, 0.2) is 5.78 Å². The molecule has 38 heavy (non-hydrogen) atoms. The van der Waals surface area contributed by atoms with Crippen LogP contribution >= 0.6 is 0 Å². The average Bonchev–Trinajstić information content (AvgIpc) is 3.49. The Morgan fingerprint density at radius 2 is 1.71 bits per heavy atom. The molecule has 3 aliphatic rings. The fourth-order valence-corrected chi connectivity index (χ4v) is 5.70. The molecule has 11 nitrogen and oxygen atoms in total. The number of nitrogens with two attached hydrogens (primary N) is 2. The van der Waals surface area contributed by atoms with E-state index in [2.05, 4.69) is 10.2 Å². The zero-order valence-electron chi connectivity index (χ0n) is 20.9. The van der Waals surface area contributed by atoms with Gasteiger partial charge in [-0.25, -0.2) is 14.8 Å². The quantitative estimate of drug-likeness (QED) is 0.353. The van der Waals surface area contributed by atoms with Gasteiger partial charge in [0.25, 0.3) is 5.91 Å². The van der Waals surface area contributed by atoms with Gasteiger partial charge in [-0.3, -0.25) is 14.7 Å². The molecule has 3 amide bonds. The fourth-order valence-electron chi connectivity index (χ4n) is 5.70. The molecule has 0 bridgehead atoms. The number of aromatic nitrogens is 2. The second kappa shape index (κ2) is 9.58. The summed E-state index contributed by atoms with van der Waals surface area (Å²) < 4.78 is 5.42. The monoisotopic (exact) mass is 515 g/mol. The van der Waals surface area contributed by atoms with E-state index < -0.39 is 6.03 Å². The number of primary amides is 1. The van der Waals surface area contributed by atoms with Gasteiger partial charge in [-0.1, -0.05) is 12.1 Å². The summed E-state index contributed by atoms with van der Waals surface area (Å²) in [5.41, 5.74) is 16.2. The van der Waals surface area contributed by atoms with E-state index in [9.17, 15) is 14.4 Å². The number of aromatic amines is 1. The van der Waals surface area contributed by atoms with E-state index in [1.807, 2.05) is 22.0 Å². The third-order valence-corrected chi connectivity index (χ3v) is 7.60. The van der Waals surface area contributed by atoms with Crippen molar-refractivity contribution in [3.05, 3.63) is 64.8 Å². The Labute approximate surface area is 219 Å². The minimum absolute atomic E-state index is 0.0268. The summed E-state index contributed by atoms with van der Waals surface area (Å²) in [4.78, 5) is 41.2. The molecule has 11 heteroatoms. The van der Waals surface area contributed by atoms with Crippen LogP contribution in [0.4, 0.5) is 16.2 Å². The van der Waals surface area contributed by atoms with E-state index in [-0.39, 0.29) is 17.6 Å². The van der Waals surface area contributed by atoms with Crippen LogP contribution in [0.25, 0.3) is 11.3 Å². The SMILES string of the molecule is NC(=O)N(c1cccc2c1C(=O)c1c-2n[nH]c1C1CCN(C(=O)c2ccc(N)cc2)CC1)N1CCOCC1. The first kappa shape index (κ1) is 24.1. The molecule has 2 aliphatic heterocycles. The lowest BCUT2D eigenvalue weighted by atomic mass is 9.90. The summed E-state index contributed by atoms with van der Waals surface area (Å²) in [6.07, 6.45) is 1.40. The summed E-state index contributed by atoms with van der Waals surface area (Å²) in [7, 11) is 0. The summed E-state index contributed by atoms with van der Waals surface area (Å²) >= 11 is 0. The molecule has 5 N–H and O–H groups in total. The van der Waals surface area contributed by atoms with Crippen molar-refractivity contribution in [1.29, 1.82) is 0 Å². The number of morpholine rings is 1. The standard InChI is InChI=1S/C27H29N7O4/c28-18-6-4-17(5-7-18)26(36)32-10-8-16(9-11-32)23-22-24(31-30-23)19-2-1-3-20(21(19)25(22)35)34(27(29)37)33-12-14-38-15-13-33/h1-7,16H,8-15,28H2,(H2,29,37)(H,30,31). The van der Waals surface area contributed by atoms with E-state index in [1.54, 1.807) is 30.3 Å². The first-order valence-corrected chi connectivity index (χ1v) is 12.8. The summed E-state index contributed by atoms with van der Waals surface area (Å²) in [5, 5.41) is 10.8. The van der Waals surface area contributed by atoms with Gasteiger partial charge in [-0.05, 0) is 43.2 Å². The smallest absolute Gasteiger partial charge is 0.334 e. The third-order valence-electron chi connectivity index (χ3n) is 7.60. The number of ketones is 1. The first-order chi connectivity index (χ1) is 18.4. The molecule has 3 heterocycles. The Morgan fingerprint density at radius 3 is 2.39 bits per heavy atom. The van der Waals surface area contributed by atoms with Gasteiger partial charge in [0.05, 0.1) is 35.7 Å². The Kier molecular flexibility index (Phi) is 6.09. The molecular weight excluding hydrogens is 486 g/mol. The van der Waals surface area contributed by atoms with Crippen LogP contribution < -0.4 is 16.5 Å². The van der Waals surface area contributed by atoms with Crippen molar-refractivity contribution in [2.24, 2.45) is 5.73 Å². The summed E-state index contributed by atoms with van der Waals surface area (Å²) in [6, 6.07) is 11.7. The second-order valence-corrected chi connectivity index (χ2v) is 9.79. The lowest BCUT2D eigenvalue weighted by molar-refractivity contribution is 0.0364. The molecule has 0 spiro atoms. The van der Waals surface area contributed by atoms with Gasteiger partial charge in [0.1, 0.15) is 5.69 Å². The second-order valence-electron chi connectivity index (χ2n) is 9.79. The summed E-state index contributed by atoms with van der Waals surface area (Å²) in [5.74, 6) is -0.148. The molecule has 1 aromatic heterocycles. The van der Waals surface area contributed by atoms with Gasteiger partial charge in [0.2, 0.25) is 0 Å². The van der Waals surface area contributed by atoms with Gasteiger partial charge in [0, 0.05) is 48.9 Å². The Bertz CT molecular complexity index is 1400. The maximum atomic E-state index is 13.9. The van der Waals surface area contributed by atoms with Gasteiger partial charge in [-0.15, -0.1) is 0 Å². The average molecular weight is 516 g/mol. The molecule has 0 atom stereocenters. The Morgan fingerprint density at radius 1 is 1.00 bits per heavy atom. The zero-order chi connectivity index (χ0) is 26.4. The van der Waals surface area contributed by atoms with E-state index >= 15 is 0 Å². The van der Waals surface area contributed by atoms with Crippen molar-refractivity contribution < 1.29 is 19.1 Å². The van der Waals surface area contributed by atoms with Crippen molar-refractivity contribution in [3.8, 4) is 11.3 Å². The van der Waals surface area contributed by atoms with Crippen molar-refractivity contribution >= 4 is 29.1 Å². The normalized spacial score (nSPS) is 17.8. The highest BCUT2D eigenvalue weighted by Crippen LogP contribution is 2.44. The van der Waals surface area contributed by atoms with Crippen LogP contribution in [0.1, 0.15) is 50.7 Å². The number of nitrogens with zero attached hydrogens (tertiary/aromatic N) is 4. The molecule has 2 aromatic carbocycles. The number of rotatable bonds is 4. The fraction of sp³-hybridized carbons (Fsp3) is 0.333. The number of amides is 3. The molecule has 6 rings (SSSR count). The number of ether oxygens (including phenoxy) is 1. The van der Waals surface area contributed by atoms with E-state index in [0.29, 0.717) is 91.6 Å². The predicted octanol–water partition coefficient (Wildman–Crippen LogP) is 2.36. The van der Waals surface area contributed by atoms with Crippen LogP contribution in [0.15, 0.2) is 42.5 Å². The molecule has 3 aromatic rings. The van der Waals surface area contributed by atoms with Crippen LogP contribution in [0.3, 0.4) is 0 Å². The van der Waals surface area contributed by atoms with Gasteiger partial charge >= 0.3 is 6.03 Å². The molecule has 0 radical (unpaired) electrons. The van der Waals surface area contributed by atoms with Gasteiger partial charge in [-0.2, -0.15) is 5.10 Å². The highest BCUT2D eigenvalue weighted by atomic mass is 16.5.